The zero-order valence-corrected chi connectivity index (χ0v) is 20.6. The average molecular weight is 449 g/mol. The smallest absolute Gasteiger partial charge is 0.144 e. The lowest BCUT2D eigenvalue weighted by Crippen LogP contribution is -2.51. The van der Waals surface area contributed by atoms with Gasteiger partial charge in [0.15, 0.2) is 0 Å². The number of Topliss-reactive ketones (excluding diaryl/α,β-unsaturated/α-hetero) is 1. The summed E-state index contributed by atoms with van der Waals surface area (Å²) >= 11 is 0. The van der Waals surface area contributed by atoms with Gasteiger partial charge in [-0.1, -0.05) is 19.1 Å². The number of ketones is 1. The molecule has 4 saturated carbocycles. The number of fused-ring (bicyclic) bond motifs is 6. The van der Waals surface area contributed by atoms with Gasteiger partial charge >= 0.3 is 0 Å². The van der Waals surface area contributed by atoms with Crippen molar-refractivity contribution in [3.63, 3.8) is 0 Å². The molecule has 0 spiro atoms. The highest BCUT2D eigenvalue weighted by Gasteiger charge is 2.58. The second kappa shape index (κ2) is 7.66. The van der Waals surface area contributed by atoms with Crippen molar-refractivity contribution in [3.8, 4) is 0 Å². The molecule has 4 heteroatoms. The number of aryl methyl sites for hydroxylation is 1. The van der Waals surface area contributed by atoms with Crippen molar-refractivity contribution < 1.29 is 9.90 Å². The van der Waals surface area contributed by atoms with E-state index in [1.807, 2.05) is 32.2 Å². The first-order valence-electron chi connectivity index (χ1n) is 13.4. The molecule has 6 rings (SSSR count). The summed E-state index contributed by atoms with van der Waals surface area (Å²) in [5.74, 6) is 5.37. The van der Waals surface area contributed by atoms with Crippen molar-refractivity contribution in [1.82, 2.24) is 9.55 Å². The maximum Gasteiger partial charge on any atom is 0.144 e. The van der Waals surface area contributed by atoms with Gasteiger partial charge in [0, 0.05) is 13.0 Å². The Labute approximate surface area is 198 Å². The van der Waals surface area contributed by atoms with Gasteiger partial charge in [0.1, 0.15) is 11.6 Å². The van der Waals surface area contributed by atoms with Gasteiger partial charge < -0.3 is 9.67 Å². The fraction of sp³-hybridized carbons (Fsp3) is 0.724. The van der Waals surface area contributed by atoms with Crippen molar-refractivity contribution in [1.29, 1.82) is 0 Å². The fourth-order valence-corrected chi connectivity index (χ4v) is 9.24. The number of hydrogen-bond donors (Lipinski definition) is 1. The summed E-state index contributed by atoms with van der Waals surface area (Å²) in [7, 11) is 2.04. The van der Waals surface area contributed by atoms with E-state index in [2.05, 4.69) is 17.6 Å². The monoisotopic (exact) mass is 448 g/mol. The molecule has 1 aromatic heterocycles. The van der Waals surface area contributed by atoms with Crippen LogP contribution in [-0.4, -0.2) is 26.0 Å². The average Bonchev–Trinajstić information content (AvgIpc) is 3.29. The van der Waals surface area contributed by atoms with Gasteiger partial charge in [-0.25, -0.2) is 4.98 Å². The maximum absolute atomic E-state index is 13.7. The van der Waals surface area contributed by atoms with Crippen molar-refractivity contribution in [3.05, 3.63) is 30.1 Å². The van der Waals surface area contributed by atoms with E-state index < -0.39 is 5.60 Å². The van der Waals surface area contributed by atoms with Gasteiger partial charge in [-0.2, -0.15) is 0 Å². The molecule has 0 saturated heterocycles. The maximum atomic E-state index is 13.7. The number of hydrogen-bond acceptors (Lipinski definition) is 3. The minimum Gasteiger partial charge on any atom is -0.390 e. The summed E-state index contributed by atoms with van der Waals surface area (Å²) in [5.41, 5.74) is 1.81. The van der Waals surface area contributed by atoms with Crippen molar-refractivity contribution in [2.45, 2.75) is 83.7 Å². The number of para-hydroxylation sites is 2. The second-order valence-electron chi connectivity index (χ2n) is 12.6. The lowest BCUT2D eigenvalue weighted by molar-refractivity contribution is -0.131. The Kier molecular flexibility index (Phi) is 5.07. The standard InChI is InChI=1S/C29H40N2O2/c1-28(33)14-12-19-18(17-28)8-9-21-20(19)13-15-29(2)22(21)10-11-23(29)26(32)16-27-30-24-6-4-5-7-25(24)31(27)3/h4-7,18-23,33H,8-17H2,1-3H3/t18-,19+,20-,21-,22+,23-,28-,29+/m1/s1. The Morgan fingerprint density at radius 2 is 1.82 bits per heavy atom. The van der Waals surface area contributed by atoms with Crippen LogP contribution >= 0.6 is 0 Å². The van der Waals surface area contributed by atoms with E-state index in [1.165, 1.54) is 38.5 Å². The molecule has 1 aromatic carbocycles. The lowest BCUT2D eigenvalue weighted by atomic mass is 9.49. The Morgan fingerprint density at radius 3 is 2.64 bits per heavy atom. The molecule has 1 N–H and O–H groups in total. The number of benzene rings is 1. The topological polar surface area (TPSA) is 55.1 Å². The highest BCUT2D eigenvalue weighted by atomic mass is 16.3. The highest BCUT2D eigenvalue weighted by Crippen LogP contribution is 2.64. The van der Waals surface area contributed by atoms with Crippen molar-refractivity contribution >= 4 is 16.8 Å². The van der Waals surface area contributed by atoms with Crippen molar-refractivity contribution in [2.75, 3.05) is 0 Å². The number of carbonyl (C=O) groups is 1. The van der Waals surface area contributed by atoms with E-state index >= 15 is 0 Å². The number of aromatic nitrogens is 2. The molecule has 0 unspecified atom stereocenters. The third-order valence-electron chi connectivity index (χ3n) is 10.8. The first-order chi connectivity index (χ1) is 15.8. The minimum absolute atomic E-state index is 0.163. The van der Waals surface area contributed by atoms with E-state index in [0.29, 0.717) is 18.1 Å². The number of nitrogens with zero attached hydrogens (tertiary/aromatic N) is 2. The molecule has 2 aromatic rings. The molecule has 4 aliphatic rings. The number of carbonyl (C=O) groups excluding carboxylic acids is 1. The molecule has 4 fully saturated rings. The normalized spacial score (nSPS) is 42.5. The van der Waals surface area contributed by atoms with Crippen LogP contribution in [0, 0.1) is 40.9 Å². The summed E-state index contributed by atoms with van der Waals surface area (Å²) in [4.78, 5) is 18.5. The lowest BCUT2D eigenvalue weighted by Gasteiger charge is -2.56. The first kappa shape index (κ1) is 21.8. The molecular weight excluding hydrogens is 408 g/mol. The zero-order valence-electron chi connectivity index (χ0n) is 20.6. The zero-order chi connectivity index (χ0) is 23.0. The van der Waals surface area contributed by atoms with E-state index in [1.54, 1.807) is 0 Å². The van der Waals surface area contributed by atoms with Crippen LogP contribution in [0.5, 0.6) is 0 Å². The Bertz CT molecular complexity index is 1070. The van der Waals surface area contributed by atoms with Gasteiger partial charge in [-0.05, 0) is 112 Å². The van der Waals surface area contributed by atoms with E-state index in [0.717, 1.165) is 59.8 Å². The van der Waals surface area contributed by atoms with E-state index in [-0.39, 0.29) is 11.3 Å². The molecule has 1 heterocycles. The van der Waals surface area contributed by atoms with Gasteiger partial charge in [0.05, 0.1) is 23.1 Å². The van der Waals surface area contributed by atoms with Crippen LogP contribution in [-0.2, 0) is 18.3 Å². The summed E-state index contributed by atoms with van der Waals surface area (Å²) in [5, 5.41) is 10.6. The van der Waals surface area contributed by atoms with Crippen LogP contribution in [0.3, 0.4) is 0 Å². The SMILES string of the molecule is Cn1c(CC(=O)[C@H]2CC[C@H]3[C@@H]4CC[C@@H]5C[C@](C)(O)CC[C@@H]5[C@H]4CC[C@]23C)nc2ccccc21. The third-order valence-corrected chi connectivity index (χ3v) is 10.8. The Morgan fingerprint density at radius 1 is 1.03 bits per heavy atom. The molecule has 33 heavy (non-hydrogen) atoms. The summed E-state index contributed by atoms with van der Waals surface area (Å²) < 4.78 is 2.11. The highest BCUT2D eigenvalue weighted by molar-refractivity contribution is 5.85. The largest absolute Gasteiger partial charge is 0.390 e. The van der Waals surface area contributed by atoms with E-state index in [9.17, 15) is 9.90 Å². The predicted octanol–water partition coefficient (Wildman–Crippen LogP) is 5.70. The van der Waals surface area contributed by atoms with Crippen LogP contribution < -0.4 is 0 Å². The predicted molar refractivity (Wildman–Crippen MR) is 131 cm³/mol. The molecular formula is C29H40N2O2. The van der Waals surface area contributed by atoms with Gasteiger partial charge in [-0.15, -0.1) is 0 Å². The van der Waals surface area contributed by atoms with Gasteiger partial charge in [-0.3, -0.25) is 4.79 Å². The molecule has 4 nitrogen and oxygen atoms in total. The molecule has 0 bridgehead atoms. The Balaban J connectivity index is 1.20. The van der Waals surface area contributed by atoms with Crippen LogP contribution in [0.25, 0.3) is 11.0 Å². The minimum atomic E-state index is -0.447. The first-order valence-corrected chi connectivity index (χ1v) is 13.4. The molecule has 0 aliphatic heterocycles. The van der Waals surface area contributed by atoms with Crippen LogP contribution in [0.2, 0.25) is 0 Å². The van der Waals surface area contributed by atoms with Crippen LogP contribution in [0.1, 0.15) is 77.5 Å². The fourth-order valence-electron chi connectivity index (χ4n) is 9.24. The van der Waals surface area contributed by atoms with Gasteiger partial charge in [0.2, 0.25) is 0 Å². The van der Waals surface area contributed by atoms with Crippen LogP contribution in [0.4, 0.5) is 0 Å². The summed E-state index contributed by atoms with van der Waals surface area (Å²) in [6, 6.07) is 8.19. The van der Waals surface area contributed by atoms with Crippen LogP contribution in [0.15, 0.2) is 24.3 Å². The number of aliphatic hydroxyl groups is 1. The molecule has 0 amide bonds. The van der Waals surface area contributed by atoms with Gasteiger partial charge in [0.25, 0.3) is 0 Å². The molecule has 8 atom stereocenters. The van der Waals surface area contributed by atoms with E-state index in [4.69, 9.17) is 4.98 Å². The molecule has 4 aliphatic carbocycles. The number of rotatable bonds is 3. The summed E-state index contributed by atoms with van der Waals surface area (Å²) in [6.45, 7) is 4.50. The number of imidazole rings is 1. The molecule has 178 valence electrons. The molecule has 0 radical (unpaired) electrons. The Hall–Kier alpha value is -1.68. The third kappa shape index (κ3) is 3.42. The van der Waals surface area contributed by atoms with Crippen molar-refractivity contribution in [2.24, 2.45) is 48.0 Å². The quantitative estimate of drug-likeness (QED) is 0.655. The second-order valence-corrected chi connectivity index (χ2v) is 12.6. The summed E-state index contributed by atoms with van der Waals surface area (Å²) in [6.07, 6.45) is 11.0.